The second-order valence-electron chi connectivity index (χ2n) is 4.01. The van der Waals surface area contributed by atoms with Crippen LogP contribution in [0, 0.1) is 5.82 Å². The first-order valence-corrected chi connectivity index (χ1v) is 5.24. The molecular formula is C11H8F4N2O2. The van der Waals surface area contributed by atoms with Gasteiger partial charge in [-0.05, 0) is 18.2 Å². The van der Waals surface area contributed by atoms with Crippen LogP contribution in [0.3, 0.4) is 0 Å². The Morgan fingerprint density at radius 1 is 1.26 bits per heavy atom. The lowest BCUT2D eigenvalue weighted by Crippen LogP contribution is -2.30. The molecule has 0 saturated carbocycles. The molecule has 0 bridgehead atoms. The number of imide groups is 1. The van der Waals surface area contributed by atoms with E-state index in [1.54, 1.807) is 0 Å². The van der Waals surface area contributed by atoms with Gasteiger partial charge in [-0.3, -0.25) is 14.9 Å². The number of benzene rings is 1. The molecule has 102 valence electrons. The van der Waals surface area contributed by atoms with Gasteiger partial charge in [-0.25, -0.2) is 4.39 Å². The van der Waals surface area contributed by atoms with E-state index in [4.69, 9.17) is 0 Å². The molecule has 1 aromatic carbocycles. The van der Waals surface area contributed by atoms with E-state index in [9.17, 15) is 27.2 Å². The van der Waals surface area contributed by atoms with E-state index in [-0.39, 0.29) is 12.1 Å². The average molecular weight is 276 g/mol. The average Bonchev–Trinajstić information content (AvgIpc) is 2.58. The van der Waals surface area contributed by atoms with Crippen LogP contribution in [0.4, 0.5) is 23.2 Å². The van der Waals surface area contributed by atoms with Crippen LogP contribution in [0.2, 0.25) is 0 Å². The van der Waals surface area contributed by atoms with Crippen LogP contribution in [0.25, 0.3) is 0 Å². The van der Waals surface area contributed by atoms with Crippen LogP contribution < -0.4 is 10.6 Å². The number of halogens is 4. The number of hydrogen-bond acceptors (Lipinski definition) is 3. The first kappa shape index (κ1) is 13.3. The minimum absolute atomic E-state index is 0.0800. The molecule has 1 aromatic rings. The van der Waals surface area contributed by atoms with Crippen molar-refractivity contribution in [2.45, 2.75) is 18.6 Å². The highest BCUT2D eigenvalue weighted by molar-refractivity contribution is 6.06. The molecule has 1 aliphatic rings. The molecular weight excluding hydrogens is 268 g/mol. The Hall–Kier alpha value is -2.12. The summed E-state index contributed by atoms with van der Waals surface area (Å²) in [4.78, 5) is 22.2. The Bertz CT molecular complexity index is 542. The molecule has 2 amide bonds. The lowest BCUT2D eigenvalue weighted by atomic mass is 10.1. The number of nitrogens with one attached hydrogen (secondary N) is 2. The van der Waals surface area contributed by atoms with Crippen molar-refractivity contribution in [1.82, 2.24) is 5.32 Å². The smallest absolute Gasteiger partial charge is 0.373 e. The van der Waals surface area contributed by atoms with Crippen molar-refractivity contribution in [3.05, 3.63) is 29.6 Å². The molecule has 1 unspecified atom stereocenters. The number of alkyl halides is 3. The lowest BCUT2D eigenvalue weighted by Gasteiger charge is -2.14. The Morgan fingerprint density at radius 3 is 2.47 bits per heavy atom. The van der Waals surface area contributed by atoms with Crippen molar-refractivity contribution in [3.63, 3.8) is 0 Å². The third kappa shape index (κ3) is 2.83. The molecule has 0 aromatic heterocycles. The van der Waals surface area contributed by atoms with Crippen LogP contribution in [0.15, 0.2) is 18.2 Å². The minimum atomic E-state index is -4.82. The molecule has 2 N–H and O–H groups in total. The molecule has 0 aliphatic carbocycles. The predicted octanol–water partition coefficient (Wildman–Crippen LogP) is 1.67. The highest BCUT2D eigenvalue weighted by Gasteiger charge is 2.35. The maximum Gasteiger partial charge on any atom is 0.419 e. The summed E-state index contributed by atoms with van der Waals surface area (Å²) in [5, 5.41) is 4.47. The number of hydrogen-bond donors (Lipinski definition) is 2. The molecule has 4 nitrogen and oxygen atoms in total. The van der Waals surface area contributed by atoms with Crippen molar-refractivity contribution < 1.29 is 27.2 Å². The van der Waals surface area contributed by atoms with Crippen molar-refractivity contribution >= 4 is 17.5 Å². The standard InChI is InChI=1S/C11H8F4N2O2/c12-7-2-1-5(3-6(7)11(13,14)15)16-8-4-9(18)17-10(8)19/h1-3,8,16H,4H2,(H,17,18,19). The van der Waals surface area contributed by atoms with Crippen molar-refractivity contribution in [2.24, 2.45) is 0 Å². The minimum Gasteiger partial charge on any atom is -0.373 e. The van der Waals surface area contributed by atoms with E-state index >= 15 is 0 Å². The summed E-state index contributed by atoms with van der Waals surface area (Å²) in [6.45, 7) is 0. The maximum absolute atomic E-state index is 13.0. The number of anilines is 1. The molecule has 0 spiro atoms. The first-order valence-electron chi connectivity index (χ1n) is 5.24. The largest absolute Gasteiger partial charge is 0.419 e. The van der Waals surface area contributed by atoms with E-state index in [0.29, 0.717) is 12.1 Å². The van der Waals surface area contributed by atoms with Gasteiger partial charge in [0.1, 0.15) is 11.9 Å². The zero-order chi connectivity index (χ0) is 14.2. The summed E-state index contributed by atoms with van der Waals surface area (Å²) >= 11 is 0. The number of carbonyl (C=O) groups is 2. The zero-order valence-electron chi connectivity index (χ0n) is 9.34. The van der Waals surface area contributed by atoms with Crippen LogP contribution in [-0.4, -0.2) is 17.9 Å². The molecule has 1 atom stereocenters. The molecule has 1 aliphatic heterocycles. The molecule has 2 rings (SSSR count). The summed E-state index contributed by atoms with van der Waals surface area (Å²) in [6, 6.07) is 1.34. The second kappa shape index (κ2) is 4.52. The number of amides is 2. The van der Waals surface area contributed by atoms with Gasteiger partial charge in [0.15, 0.2) is 0 Å². The SMILES string of the molecule is O=C1CC(Nc2ccc(F)c(C(F)(F)F)c2)C(=O)N1. The van der Waals surface area contributed by atoms with Gasteiger partial charge in [-0.2, -0.15) is 13.2 Å². The molecule has 1 heterocycles. The Morgan fingerprint density at radius 2 is 1.95 bits per heavy atom. The van der Waals surface area contributed by atoms with E-state index in [0.717, 1.165) is 6.07 Å². The first-order chi connectivity index (χ1) is 8.77. The second-order valence-corrected chi connectivity index (χ2v) is 4.01. The highest BCUT2D eigenvalue weighted by atomic mass is 19.4. The van der Waals surface area contributed by atoms with Crippen LogP contribution in [0.1, 0.15) is 12.0 Å². The van der Waals surface area contributed by atoms with Gasteiger partial charge in [0.25, 0.3) is 0 Å². The summed E-state index contributed by atoms with van der Waals surface area (Å²) in [7, 11) is 0. The molecule has 1 fully saturated rings. The van der Waals surface area contributed by atoms with Crippen molar-refractivity contribution in [3.8, 4) is 0 Å². The lowest BCUT2D eigenvalue weighted by molar-refractivity contribution is -0.140. The summed E-state index contributed by atoms with van der Waals surface area (Å²) in [6.07, 6.45) is -4.99. The molecule has 0 radical (unpaired) electrons. The Kier molecular flexibility index (Phi) is 3.17. The van der Waals surface area contributed by atoms with Crippen molar-refractivity contribution in [1.29, 1.82) is 0 Å². The van der Waals surface area contributed by atoms with Gasteiger partial charge in [0, 0.05) is 5.69 Å². The van der Waals surface area contributed by atoms with E-state index in [1.165, 1.54) is 0 Å². The van der Waals surface area contributed by atoms with E-state index in [2.05, 4.69) is 5.32 Å². The number of carbonyl (C=O) groups excluding carboxylic acids is 2. The summed E-state index contributed by atoms with van der Waals surface area (Å²) in [5.74, 6) is -2.53. The van der Waals surface area contributed by atoms with E-state index in [1.807, 2.05) is 5.32 Å². The van der Waals surface area contributed by atoms with Gasteiger partial charge in [0.2, 0.25) is 11.8 Å². The maximum atomic E-state index is 13.0. The predicted molar refractivity (Wildman–Crippen MR) is 56.6 cm³/mol. The van der Waals surface area contributed by atoms with Crippen LogP contribution in [0.5, 0.6) is 0 Å². The van der Waals surface area contributed by atoms with Gasteiger partial charge in [0.05, 0.1) is 12.0 Å². The van der Waals surface area contributed by atoms with E-state index < -0.39 is 35.4 Å². The van der Waals surface area contributed by atoms with Crippen LogP contribution >= 0.6 is 0 Å². The monoisotopic (exact) mass is 276 g/mol. The summed E-state index contributed by atoms with van der Waals surface area (Å²) < 4.78 is 50.5. The van der Waals surface area contributed by atoms with Gasteiger partial charge < -0.3 is 5.32 Å². The zero-order valence-corrected chi connectivity index (χ0v) is 9.34. The number of rotatable bonds is 2. The third-order valence-corrected chi connectivity index (χ3v) is 2.58. The Balaban J connectivity index is 2.23. The molecule has 8 heteroatoms. The van der Waals surface area contributed by atoms with Crippen molar-refractivity contribution in [2.75, 3.05) is 5.32 Å². The normalized spacial score (nSPS) is 19.5. The topological polar surface area (TPSA) is 58.2 Å². The molecule has 19 heavy (non-hydrogen) atoms. The molecule has 1 saturated heterocycles. The fourth-order valence-corrected chi connectivity index (χ4v) is 1.70. The van der Waals surface area contributed by atoms with Gasteiger partial charge in [-0.15, -0.1) is 0 Å². The van der Waals surface area contributed by atoms with Gasteiger partial charge >= 0.3 is 6.18 Å². The third-order valence-electron chi connectivity index (χ3n) is 2.58. The Labute approximate surface area is 104 Å². The fourth-order valence-electron chi connectivity index (χ4n) is 1.70. The fraction of sp³-hybridized carbons (Fsp3) is 0.273. The van der Waals surface area contributed by atoms with Gasteiger partial charge in [-0.1, -0.05) is 0 Å². The summed E-state index contributed by atoms with van der Waals surface area (Å²) in [5.41, 5.74) is -1.51. The highest BCUT2D eigenvalue weighted by Crippen LogP contribution is 2.33. The van der Waals surface area contributed by atoms with Crippen LogP contribution in [-0.2, 0) is 15.8 Å². The quantitative estimate of drug-likeness (QED) is 0.638.